The van der Waals surface area contributed by atoms with Crippen LogP contribution in [0.15, 0.2) is 0 Å². The molecular weight excluding hydrogens is 448 g/mol. The van der Waals surface area contributed by atoms with Crippen molar-refractivity contribution in [3.63, 3.8) is 0 Å². The zero-order valence-corrected chi connectivity index (χ0v) is 20.1. The molecule has 0 aromatic heterocycles. The zero-order valence-electron chi connectivity index (χ0n) is 19.3. The Labute approximate surface area is 199 Å². The Balaban J connectivity index is 1.26. The molecule has 2 saturated carbocycles. The van der Waals surface area contributed by atoms with E-state index in [-0.39, 0.29) is 65.5 Å². The van der Waals surface area contributed by atoms with E-state index < -0.39 is 6.04 Å². The van der Waals surface area contributed by atoms with Crippen LogP contribution >= 0.6 is 11.6 Å². The fourth-order valence-corrected chi connectivity index (χ4v) is 6.31. The molecule has 184 valence electrons. The van der Waals surface area contributed by atoms with Gasteiger partial charge in [0.1, 0.15) is 6.04 Å². The molecule has 9 nitrogen and oxygen atoms in total. The second-order valence-corrected chi connectivity index (χ2v) is 10.8. The SMILES string of the molecule is COC1CC(C)C(Cl)CC1NC(=O)NCC1CCC2CN(C3CCC(=O)NC3=O)C(=O)C2C1. The Morgan fingerprint density at radius 3 is 2.70 bits per heavy atom. The van der Waals surface area contributed by atoms with Crippen molar-refractivity contribution in [2.45, 2.75) is 75.4 Å². The van der Waals surface area contributed by atoms with Gasteiger partial charge >= 0.3 is 6.03 Å². The first-order chi connectivity index (χ1) is 15.8. The van der Waals surface area contributed by atoms with Gasteiger partial charge in [0.15, 0.2) is 0 Å². The van der Waals surface area contributed by atoms with Crippen LogP contribution in [0.25, 0.3) is 0 Å². The van der Waals surface area contributed by atoms with Gasteiger partial charge in [-0.25, -0.2) is 4.79 Å². The molecular formula is C23H35ClN4O5. The number of nitrogens with one attached hydrogen (secondary N) is 3. The lowest BCUT2D eigenvalue weighted by Gasteiger charge is -2.37. The molecule has 2 saturated heterocycles. The molecule has 33 heavy (non-hydrogen) atoms. The van der Waals surface area contributed by atoms with Gasteiger partial charge in [-0.15, -0.1) is 11.6 Å². The van der Waals surface area contributed by atoms with E-state index in [9.17, 15) is 19.2 Å². The third-order valence-electron chi connectivity index (χ3n) is 8.04. The number of alkyl halides is 1. The number of amides is 5. The van der Waals surface area contributed by atoms with Gasteiger partial charge in [0, 0.05) is 37.9 Å². The number of likely N-dealkylation sites (tertiary alicyclic amines) is 1. The van der Waals surface area contributed by atoms with Crippen molar-refractivity contribution < 1.29 is 23.9 Å². The van der Waals surface area contributed by atoms with Gasteiger partial charge in [-0.1, -0.05) is 6.92 Å². The van der Waals surface area contributed by atoms with Crippen LogP contribution in [0.4, 0.5) is 4.79 Å². The van der Waals surface area contributed by atoms with Gasteiger partial charge in [-0.05, 0) is 56.3 Å². The highest BCUT2D eigenvalue weighted by Crippen LogP contribution is 2.41. The second-order valence-electron chi connectivity index (χ2n) is 10.2. The van der Waals surface area contributed by atoms with Crippen molar-refractivity contribution in [2.75, 3.05) is 20.2 Å². The second kappa shape index (κ2) is 10.2. The lowest BCUT2D eigenvalue weighted by atomic mass is 9.75. The molecule has 2 aliphatic heterocycles. The molecule has 3 N–H and O–H groups in total. The highest BCUT2D eigenvalue weighted by Gasteiger charge is 2.48. The van der Waals surface area contributed by atoms with Gasteiger partial charge in [-0.3, -0.25) is 19.7 Å². The number of fused-ring (bicyclic) bond motifs is 1. The minimum Gasteiger partial charge on any atom is -0.379 e. The molecule has 0 radical (unpaired) electrons. The number of hydrogen-bond acceptors (Lipinski definition) is 5. The Bertz CT molecular complexity index is 795. The summed E-state index contributed by atoms with van der Waals surface area (Å²) >= 11 is 6.41. The predicted octanol–water partition coefficient (Wildman–Crippen LogP) is 1.39. The van der Waals surface area contributed by atoms with Crippen LogP contribution in [0.3, 0.4) is 0 Å². The molecule has 2 aliphatic carbocycles. The number of hydrogen-bond donors (Lipinski definition) is 3. The molecule has 8 atom stereocenters. The van der Waals surface area contributed by atoms with Crippen molar-refractivity contribution in [3.8, 4) is 0 Å². The van der Waals surface area contributed by atoms with Crippen LogP contribution in [-0.2, 0) is 19.1 Å². The summed E-state index contributed by atoms with van der Waals surface area (Å²) in [7, 11) is 1.66. The van der Waals surface area contributed by atoms with Crippen molar-refractivity contribution in [1.82, 2.24) is 20.9 Å². The lowest BCUT2D eigenvalue weighted by molar-refractivity contribution is -0.144. The van der Waals surface area contributed by atoms with Crippen molar-refractivity contribution in [1.29, 1.82) is 0 Å². The largest absolute Gasteiger partial charge is 0.379 e. The first-order valence-corrected chi connectivity index (χ1v) is 12.6. The van der Waals surface area contributed by atoms with E-state index in [0.29, 0.717) is 38.3 Å². The number of nitrogens with zero attached hydrogens (tertiary/aromatic N) is 1. The monoisotopic (exact) mass is 482 g/mol. The summed E-state index contributed by atoms with van der Waals surface area (Å²) < 4.78 is 5.56. The summed E-state index contributed by atoms with van der Waals surface area (Å²) in [4.78, 5) is 51.0. The maximum absolute atomic E-state index is 13.1. The Morgan fingerprint density at radius 1 is 1.18 bits per heavy atom. The lowest BCUT2D eigenvalue weighted by Crippen LogP contribution is -2.53. The van der Waals surface area contributed by atoms with E-state index in [0.717, 1.165) is 19.3 Å². The van der Waals surface area contributed by atoms with E-state index in [2.05, 4.69) is 22.9 Å². The van der Waals surface area contributed by atoms with Gasteiger partial charge in [-0.2, -0.15) is 0 Å². The number of carbonyl (C=O) groups excluding carboxylic acids is 4. The quantitative estimate of drug-likeness (QED) is 0.404. The Kier molecular flexibility index (Phi) is 7.48. The number of carbonyl (C=O) groups is 4. The average molecular weight is 483 g/mol. The molecule has 0 bridgehead atoms. The van der Waals surface area contributed by atoms with E-state index in [1.807, 2.05) is 0 Å². The van der Waals surface area contributed by atoms with E-state index in [1.165, 1.54) is 0 Å². The van der Waals surface area contributed by atoms with Gasteiger partial charge in [0.25, 0.3) is 0 Å². The summed E-state index contributed by atoms with van der Waals surface area (Å²) in [6.07, 6.45) is 4.64. The number of urea groups is 1. The van der Waals surface area contributed by atoms with Crippen LogP contribution in [0, 0.1) is 23.7 Å². The molecule has 5 amide bonds. The van der Waals surface area contributed by atoms with Gasteiger partial charge < -0.3 is 20.3 Å². The molecule has 8 unspecified atom stereocenters. The normalized spacial score (nSPS) is 39.1. The smallest absolute Gasteiger partial charge is 0.315 e. The minimum atomic E-state index is -0.541. The number of ether oxygens (including phenoxy) is 1. The minimum absolute atomic E-state index is 0.0102. The highest BCUT2D eigenvalue weighted by molar-refractivity contribution is 6.20. The summed E-state index contributed by atoms with van der Waals surface area (Å²) in [5.74, 6) is 0.0550. The standard InChI is InChI=1S/C23H35ClN4O5/c1-12-7-19(33-2)17(9-16(12)24)26-23(32)25-10-13-3-4-14-11-28(22(31)15(14)8-13)18-5-6-20(29)27-21(18)30/h12-19H,3-11H2,1-2H3,(H2,25,26,32)(H,27,29,30). The zero-order chi connectivity index (χ0) is 23.7. The summed E-state index contributed by atoms with van der Waals surface area (Å²) in [5.41, 5.74) is 0. The molecule has 0 aromatic carbocycles. The average Bonchev–Trinajstić information content (AvgIpc) is 3.10. The van der Waals surface area contributed by atoms with E-state index >= 15 is 0 Å². The number of halogens is 1. The molecule has 0 spiro atoms. The third kappa shape index (κ3) is 5.29. The fraction of sp³-hybridized carbons (Fsp3) is 0.826. The summed E-state index contributed by atoms with van der Waals surface area (Å²) in [6.45, 7) is 3.18. The molecule has 10 heteroatoms. The van der Waals surface area contributed by atoms with Crippen molar-refractivity contribution in [3.05, 3.63) is 0 Å². The molecule has 0 aromatic rings. The van der Waals surface area contributed by atoms with E-state index in [4.69, 9.17) is 16.3 Å². The number of rotatable bonds is 5. The fourth-order valence-electron chi connectivity index (χ4n) is 6.02. The first kappa shape index (κ1) is 24.3. The van der Waals surface area contributed by atoms with E-state index in [1.54, 1.807) is 12.0 Å². The van der Waals surface area contributed by atoms with Crippen LogP contribution in [0.1, 0.15) is 51.9 Å². The van der Waals surface area contributed by atoms with Crippen LogP contribution in [0.5, 0.6) is 0 Å². The molecule has 4 aliphatic rings. The molecule has 4 fully saturated rings. The highest BCUT2D eigenvalue weighted by atomic mass is 35.5. The number of piperidine rings is 1. The third-order valence-corrected chi connectivity index (χ3v) is 8.65. The summed E-state index contributed by atoms with van der Waals surface area (Å²) in [5, 5.41) is 8.36. The Hall–Kier alpha value is -1.87. The van der Waals surface area contributed by atoms with Crippen LogP contribution in [0.2, 0.25) is 0 Å². The van der Waals surface area contributed by atoms with Gasteiger partial charge in [0.2, 0.25) is 17.7 Å². The van der Waals surface area contributed by atoms with Gasteiger partial charge in [0.05, 0.1) is 12.1 Å². The maximum atomic E-state index is 13.1. The van der Waals surface area contributed by atoms with Crippen LogP contribution < -0.4 is 16.0 Å². The number of methoxy groups -OCH3 is 1. The predicted molar refractivity (Wildman–Crippen MR) is 121 cm³/mol. The molecule has 2 heterocycles. The van der Waals surface area contributed by atoms with Crippen molar-refractivity contribution in [2.24, 2.45) is 23.7 Å². The van der Waals surface area contributed by atoms with Crippen molar-refractivity contribution >= 4 is 35.4 Å². The number of imide groups is 1. The topological polar surface area (TPSA) is 117 Å². The first-order valence-electron chi connectivity index (χ1n) is 12.1. The Morgan fingerprint density at radius 2 is 1.97 bits per heavy atom. The maximum Gasteiger partial charge on any atom is 0.315 e. The molecule has 4 rings (SSSR count). The summed E-state index contributed by atoms with van der Waals surface area (Å²) in [6, 6.07) is -0.894. The van der Waals surface area contributed by atoms with Crippen LogP contribution in [-0.4, -0.2) is 72.4 Å².